The van der Waals surface area contributed by atoms with Gasteiger partial charge in [-0.25, -0.2) is 0 Å². The van der Waals surface area contributed by atoms with E-state index < -0.39 is 0 Å². The molecule has 0 aliphatic heterocycles. The van der Waals surface area contributed by atoms with Crippen LogP contribution in [0.25, 0.3) is 11.1 Å². The van der Waals surface area contributed by atoms with Crippen molar-refractivity contribution in [3.8, 4) is 23.0 Å². The Morgan fingerprint density at radius 1 is 0.524 bits per heavy atom. The van der Waals surface area contributed by atoms with E-state index in [0.29, 0.717) is 0 Å². The van der Waals surface area contributed by atoms with Gasteiger partial charge in [0.05, 0.1) is 0 Å². The number of hydrogen-bond acceptors (Lipinski definition) is 0. The van der Waals surface area contributed by atoms with E-state index in [9.17, 15) is 0 Å². The Balaban J connectivity index is 1.82. The number of rotatable bonds is 1. The average Bonchev–Trinajstić information content (AvgIpc) is 2.55. The quantitative estimate of drug-likeness (QED) is 0.525. The van der Waals surface area contributed by atoms with Gasteiger partial charge in [-0.1, -0.05) is 65.9 Å². The third-order valence-electron chi connectivity index (χ3n) is 3.19. The molecule has 21 heavy (non-hydrogen) atoms. The summed E-state index contributed by atoms with van der Waals surface area (Å²) < 4.78 is 0. The lowest BCUT2D eigenvalue weighted by molar-refractivity contribution is 1.59. The fourth-order valence-corrected chi connectivity index (χ4v) is 2.18. The molecular weight excluding hydrogens is 276 g/mol. The Morgan fingerprint density at radius 2 is 1.00 bits per heavy atom. The second kappa shape index (κ2) is 6.31. The predicted octanol–water partition coefficient (Wildman–Crippen LogP) is 5.41. The molecule has 3 rings (SSSR count). The van der Waals surface area contributed by atoms with Crippen LogP contribution >= 0.6 is 11.6 Å². The van der Waals surface area contributed by atoms with Gasteiger partial charge in [-0.3, -0.25) is 0 Å². The van der Waals surface area contributed by atoms with Gasteiger partial charge in [0.1, 0.15) is 0 Å². The van der Waals surface area contributed by atoms with E-state index in [0.717, 1.165) is 27.3 Å². The Bertz CT molecular complexity index is 773. The summed E-state index contributed by atoms with van der Waals surface area (Å²) >= 11 is 5.91. The minimum Gasteiger partial charge on any atom is -0.0843 e. The molecule has 0 unspecified atom stereocenters. The van der Waals surface area contributed by atoms with Crippen LogP contribution in [-0.2, 0) is 0 Å². The van der Waals surface area contributed by atoms with Gasteiger partial charge in [0.15, 0.2) is 0 Å². The molecule has 0 aliphatic carbocycles. The molecule has 0 N–H and O–H groups in total. The van der Waals surface area contributed by atoms with Gasteiger partial charge in [-0.05, 0) is 47.5 Å². The first kappa shape index (κ1) is 13.5. The van der Waals surface area contributed by atoms with Crippen molar-refractivity contribution >= 4 is 11.6 Å². The van der Waals surface area contributed by atoms with Gasteiger partial charge in [-0.2, -0.15) is 0 Å². The van der Waals surface area contributed by atoms with E-state index in [2.05, 4.69) is 24.0 Å². The molecule has 0 saturated carbocycles. The summed E-state index contributed by atoms with van der Waals surface area (Å²) in [7, 11) is 0. The highest BCUT2D eigenvalue weighted by Gasteiger charge is 1.97. The molecule has 3 aromatic rings. The summed E-state index contributed by atoms with van der Waals surface area (Å²) in [4.78, 5) is 0. The average molecular weight is 289 g/mol. The lowest BCUT2D eigenvalue weighted by Gasteiger charge is -2.01. The van der Waals surface area contributed by atoms with Crippen LogP contribution in [0.1, 0.15) is 11.1 Å². The highest BCUT2D eigenvalue weighted by atomic mass is 35.5. The first-order chi connectivity index (χ1) is 10.3. The van der Waals surface area contributed by atoms with Crippen LogP contribution in [0.15, 0.2) is 78.9 Å². The number of halogens is 1. The van der Waals surface area contributed by atoms with Crippen LogP contribution in [0.5, 0.6) is 0 Å². The third kappa shape index (κ3) is 3.54. The SMILES string of the molecule is Clc1ccc(-c2ccc(C#Cc3ccccc3)cc2)cc1. The first-order valence-electron chi connectivity index (χ1n) is 6.74. The fraction of sp³-hybridized carbons (Fsp3) is 0. The van der Waals surface area contributed by atoms with Crippen molar-refractivity contribution in [1.29, 1.82) is 0 Å². The molecule has 0 fully saturated rings. The molecule has 0 saturated heterocycles. The summed E-state index contributed by atoms with van der Waals surface area (Å²) in [6.45, 7) is 0. The van der Waals surface area contributed by atoms with E-state index in [-0.39, 0.29) is 0 Å². The highest BCUT2D eigenvalue weighted by molar-refractivity contribution is 6.30. The Labute approximate surface area is 130 Å². The molecule has 0 heterocycles. The third-order valence-corrected chi connectivity index (χ3v) is 3.44. The van der Waals surface area contributed by atoms with Crippen molar-refractivity contribution < 1.29 is 0 Å². The molecule has 0 nitrogen and oxygen atoms in total. The van der Waals surface area contributed by atoms with E-state index >= 15 is 0 Å². The van der Waals surface area contributed by atoms with Crippen LogP contribution in [-0.4, -0.2) is 0 Å². The van der Waals surface area contributed by atoms with Gasteiger partial charge in [-0.15, -0.1) is 0 Å². The van der Waals surface area contributed by atoms with Crippen LogP contribution in [0, 0.1) is 11.8 Å². The van der Waals surface area contributed by atoms with Crippen molar-refractivity contribution in [2.24, 2.45) is 0 Å². The lowest BCUT2D eigenvalue weighted by atomic mass is 10.0. The Hall–Kier alpha value is -2.49. The van der Waals surface area contributed by atoms with Gasteiger partial charge < -0.3 is 0 Å². The summed E-state index contributed by atoms with van der Waals surface area (Å²) in [6.07, 6.45) is 0. The number of hydrogen-bond donors (Lipinski definition) is 0. The topological polar surface area (TPSA) is 0 Å². The molecule has 1 heteroatoms. The summed E-state index contributed by atoms with van der Waals surface area (Å²) in [5, 5.41) is 0.754. The van der Waals surface area contributed by atoms with E-state index in [1.54, 1.807) is 0 Å². The van der Waals surface area contributed by atoms with Gasteiger partial charge in [0.25, 0.3) is 0 Å². The van der Waals surface area contributed by atoms with Crippen molar-refractivity contribution in [2.45, 2.75) is 0 Å². The molecule has 0 bridgehead atoms. The Morgan fingerprint density at radius 3 is 1.57 bits per heavy atom. The molecule has 0 radical (unpaired) electrons. The number of benzene rings is 3. The van der Waals surface area contributed by atoms with E-state index in [4.69, 9.17) is 11.6 Å². The monoisotopic (exact) mass is 288 g/mol. The molecule has 3 aromatic carbocycles. The van der Waals surface area contributed by atoms with Gasteiger partial charge in [0.2, 0.25) is 0 Å². The normalized spacial score (nSPS) is 9.76. The summed E-state index contributed by atoms with van der Waals surface area (Å²) in [6, 6.07) is 26.1. The zero-order valence-corrected chi connectivity index (χ0v) is 12.1. The van der Waals surface area contributed by atoms with Crippen molar-refractivity contribution in [3.05, 3.63) is 95.0 Å². The zero-order valence-electron chi connectivity index (χ0n) is 11.4. The van der Waals surface area contributed by atoms with Crippen LogP contribution < -0.4 is 0 Å². The molecular formula is C20H13Cl. The molecule has 0 atom stereocenters. The van der Waals surface area contributed by atoms with Crippen LogP contribution in [0.4, 0.5) is 0 Å². The minimum atomic E-state index is 0.754. The van der Waals surface area contributed by atoms with E-state index in [1.165, 1.54) is 0 Å². The standard InChI is InChI=1S/C20H13Cl/c21-20-14-12-19(13-15-20)18-10-8-17(9-11-18)7-6-16-4-2-1-3-5-16/h1-5,8-15H. The molecule has 0 spiro atoms. The van der Waals surface area contributed by atoms with Crippen LogP contribution in [0.3, 0.4) is 0 Å². The lowest BCUT2D eigenvalue weighted by Crippen LogP contribution is -1.79. The largest absolute Gasteiger partial charge is 0.0843 e. The predicted molar refractivity (Wildman–Crippen MR) is 89.3 cm³/mol. The second-order valence-corrected chi connectivity index (χ2v) is 5.14. The molecule has 0 aliphatic rings. The van der Waals surface area contributed by atoms with Crippen molar-refractivity contribution in [2.75, 3.05) is 0 Å². The first-order valence-corrected chi connectivity index (χ1v) is 7.12. The smallest absolute Gasteiger partial charge is 0.0406 e. The maximum absolute atomic E-state index is 5.91. The van der Waals surface area contributed by atoms with Crippen molar-refractivity contribution in [3.63, 3.8) is 0 Å². The molecule has 100 valence electrons. The van der Waals surface area contributed by atoms with E-state index in [1.807, 2.05) is 66.7 Å². The van der Waals surface area contributed by atoms with Gasteiger partial charge in [0, 0.05) is 16.1 Å². The summed E-state index contributed by atoms with van der Waals surface area (Å²) in [5.74, 6) is 6.34. The summed E-state index contributed by atoms with van der Waals surface area (Å²) in [5.41, 5.74) is 4.36. The fourth-order valence-electron chi connectivity index (χ4n) is 2.05. The van der Waals surface area contributed by atoms with Crippen molar-refractivity contribution in [1.82, 2.24) is 0 Å². The zero-order chi connectivity index (χ0) is 14.5. The Kier molecular flexibility index (Phi) is 4.05. The molecule has 0 amide bonds. The maximum Gasteiger partial charge on any atom is 0.0406 e. The minimum absolute atomic E-state index is 0.754. The van der Waals surface area contributed by atoms with Gasteiger partial charge >= 0.3 is 0 Å². The molecule has 0 aromatic heterocycles. The van der Waals surface area contributed by atoms with Crippen LogP contribution in [0.2, 0.25) is 5.02 Å². The maximum atomic E-state index is 5.91. The second-order valence-electron chi connectivity index (χ2n) is 4.70. The highest BCUT2D eigenvalue weighted by Crippen LogP contribution is 2.21.